The Morgan fingerprint density at radius 3 is 2.65 bits per heavy atom. The van der Waals surface area contributed by atoms with Gasteiger partial charge < -0.3 is 9.26 Å². The van der Waals surface area contributed by atoms with E-state index in [1.165, 1.54) is 6.42 Å². The van der Waals surface area contributed by atoms with Gasteiger partial charge in [-0.3, -0.25) is 0 Å². The van der Waals surface area contributed by atoms with Gasteiger partial charge in [0.1, 0.15) is 5.75 Å². The summed E-state index contributed by atoms with van der Waals surface area (Å²) in [5.41, 5.74) is 2.05. The van der Waals surface area contributed by atoms with E-state index in [9.17, 15) is 0 Å². The highest BCUT2D eigenvalue weighted by molar-refractivity contribution is 5.58. The highest BCUT2D eigenvalue weighted by Gasteiger charge is 2.06. The quantitative estimate of drug-likeness (QED) is 0.787. The Labute approximate surface area is 101 Å². The van der Waals surface area contributed by atoms with E-state index < -0.39 is 0 Å². The molecule has 1 aromatic carbocycles. The summed E-state index contributed by atoms with van der Waals surface area (Å²) in [5.74, 6) is 1.67. The molecule has 2 rings (SSSR count). The van der Waals surface area contributed by atoms with Crippen LogP contribution in [0.25, 0.3) is 11.3 Å². The van der Waals surface area contributed by atoms with Gasteiger partial charge in [-0.2, -0.15) is 0 Å². The molecule has 1 heterocycles. The van der Waals surface area contributed by atoms with Gasteiger partial charge in [0.25, 0.3) is 0 Å². The number of benzene rings is 1. The number of hydrogen-bond donors (Lipinski definition) is 0. The van der Waals surface area contributed by atoms with Crippen LogP contribution in [0.5, 0.6) is 5.75 Å². The van der Waals surface area contributed by atoms with Gasteiger partial charge in [0.05, 0.1) is 12.8 Å². The van der Waals surface area contributed by atoms with Gasteiger partial charge in [0, 0.05) is 11.6 Å². The van der Waals surface area contributed by atoms with E-state index in [2.05, 4.69) is 12.1 Å². The zero-order chi connectivity index (χ0) is 12.1. The molecular formula is C14H17NO2. The summed E-state index contributed by atoms with van der Waals surface area (Å²) in [6.45, 7) is 2.17. The van der Waals surface area contributed by atoms with Gasteiger partial charge in [0.15, 0.2) is 5.76 Å². The maximum atomic E-state index is 5.33. The molecular weight excluding hydrogens is 214 g/mol. The third kappa shape index (κ3) is 2.87. The number of rotatable bonds is 5. The van der Waals surface area contributed by atoms with Gasteiger partial charge in [-0.1, -0.05) is 18.5 Å². The lowest BCUT2D eigenvalue weighted by atomic mass is 10.1. The van der Waals surface area contributed by atoms with Crippen molar-refractivity contribution in [2.24, 2.45) is 0 Å². The van der Waals surface area contributed by atoms with E-state index in [1.54, 1.807) is 7.11 Å². The second-order valence-corrected chi connectivity index (χ2v) is 4.01. The van der Waals surface area contributed by atoms with Gasteiger partial charge >= 0.3 is 0 Å². The lowest BCUT2D eigenvalue weighted by Gasteiger charge is -1.99. The van der Waals surface area contributed by atoms with Crippen LogP contribution in [0, 0.1) is 0 Å². The molecule has 0 N–H and O–H groups in total. The number of nitrogens with zero attached hydrogens (tertiary/aromatic N) is 1. The van der Waals surface area contributed by atoms with Gasteiger partial charge in [0.2, 0.25) is 0 Å². The monoisotopic (exact) mass is 231 g/mol. The van der Waals surface area contributed by atoms with Crippen LogP contribution in [-0.4, -0.2) is 12.3 Å². The number of methoxy groups -OCH3 is 1. The Morgan fingerprint density at radius 1 is 1.24 bits per heavy atom. The van der Waals surface area contributed by atoms with E-state index in [0.717, 1.165) is 35.6 Å². The molecule has 0 atom stereocenters. The fourth-order valence-corrected chi connectivity index (χ4v) is 1.68. The first kappa shape index (κ1) is 11.7. The van der Waals surface area contributed by atoms with Crippen LogP contribution in [0.15, 0.2) is 34.9 Å². The van der Waals surface area contributed by atoms with Crippen molar-refractivity contribution in [2.45, 2.75) is 26.2 Å². The Morgan fingerprint density at radius 2 is 2.00 bits per heavy atom. The fraction of sp³-hybridized carbons (Fsp3) is 0.357. The van der Waals surface area contributed by atoms with Gasteiger partial charge in [-0.25, -0.2) is 0 Å². The highest BCUT2D eigenvalue weighted by atomic mass is 16.5. The normalized spacial score (nSPS) is 10.5. The predicted molar refractivity (Wildman–Crippen MR) is 67.1 cm³/mol. The van der Waals surface area contributed by atoms with Crippen molar-refractivity contribution >= 4 is 0 Å². The van der Waals surface area contributed by atoms with Crippen LogP contribution >= 0.6 is 0 Å². The first-order valence-electron chi connectivity index (χ1n) is 5.93. The minimum atomic E-state index is 0.818. The van der Waals surface area contributed by atoms with Crippen molar-refractivity contribution in [3.63, 3.8) is 0 Å². The standard InChI is InChI=1S/C14H17NO2/c1-3-4-5-12-10-14(17-15-12)11-6-8-13(16-2)9-7-11/h6-10H,3-5H2,1-2H3. The van der Waals surface area contributed by atoms with E-state index in [0.29, 0.717) is 0 Å². The molecule has 17 heavy (non-hydrogen) atoms. The molecule has 2 aromatic rings. The van der Waals surface area contributed by atoms with Gasteiger partial charge in [-0.05, 0) is 37.1 Å². The summed E-state index contributed by atoms with van der Waals surface area (Å²) in [5, 5.41) is 4.07. The predicted octanol–water partition coefficient (Wildman–Crippen LogP) is 3.69. The van der Waals surface area contributed by atoms with Crippen LogP contribution < -0.4 is 4.74 Å². The second kappa shape index (κ2) is 5.53. The molecule has 0 radical (unpaired) electrons. The summed E-state index contributed by atoms with van der Waals surface area (Å²) in [4.78, 5) is 0. The summed E-state index contributed by atoms with van der Waals surface area (Å²) >= 11 is 0. The van der Waals surface area contributed by atoms with Crippen molar-refractivity contribution in [1.29, 1.82) is 0 Å². The number of aryl methyl sites for hydroxylation is 1. The van der Waals surface area contributed by atoms with Crippen LogP contribution in [0.4, 0.5) is 0 Å². The smallest absolute Gasteiger partial charge is 0.167 e. The molecule has 1 aromatic heterocycles. The van der Waals surface area contributed by atoms with Crippen molar-refractivity contribution in [3.8, 4) is 17.1 Å². The van der Waals surface area contributed by atoms with E-state index >= 15 is 0 Å². The average Bonchev–Trinajstić information content (AvgIpc) is 2.85. The van der Waals surface area contributed by atoms with E-state index in [4.69, 9.17) is 9.26 Å². The summed E-state index contributed by atoms with van der Waals surface area (Å²) in [7, 11) is 1.66. The number of unbranched alkanes of at least 4 members (excludes halogenated alkanes) is 1. The molecule has 3 heteroatoms. The maximum Gasteiger partial charge on any atom is 0.167 e. The minimum Gasteiger partial charge on any atom is -0.497 e. The summed E-state index contributed by atoms with van der Waals surface area (Å²) < 4.78 is 10.4. The topological polar surface area (TPSA) is 35.3 Å². The van der Waals surface area contributed by atoms with Gasteiger partial charge in [-0.15, -0.1) is 0 Å². The van der Waals surface area contributed by atoms with E-state index in [-0.39, 0.29) is 0 Å². The molecule has 0 fully saturated rings. The Bertz CT molecular complexity index is 459. The molecule has 0 spiro atoms. The maximum absolute atomic E-state index is 5.33. The lowest BCUT2D eigenvalue weighted by molar-refractivity contribution is 0.414. The van der Waals surface area contributed by atoms with Crippen LogP contribution in [-0.2, 0) is 6.42 Å². The van der Waals surface area contributed by atoms with Crippen molar-refractivity contribution in [2.75, 3.05) is 7.11 Å². The van der Waals surface area contributed by atoms with Crippen LogP contribution in [0.2, 0.25) is 0 Å². The Balaban J connectivity index is 2.12. The number of ether oxygens (including phenoxy) is 1. The van der Waals surface area contributed by atoms with Crippen molar-refractivity contribution < 1.29 is 9.26 Å². The molecule has 0 saturated heterocycles. The van der Waals surface area contributed by atoms with Crippen molar-refractivity contribution in [1.82, 2.24) is 5.16 Å². The van der Waals surface area contributed by atoms with Crippen LogP contribution in [0.3, 0.4) is 0 Å². The third-order valence-corrected chi connectivity index (χ3v) is 2.72. The number of hydrogen-bond acceptors (Lipinski definition) is 3. The lowest BCUT2D eigenvalue weighted by Crippen LogP contribution is -1.82. The molecule has 0 amide bonds. The molecule has 0 unspecified atom stereocenters. The SMILES string of the molecule is CCCCc1cc(-c2ccc(OC)cc2)on1. The Hall–Kier alpha value is -1.77. The second-order valence-electron chi connectivity index (χ2n) is 4.01. The van der Waals surface area contributed by atoms with Crippen molar-refractivity contribution in [3.05, 3.63) is 36.0 Å². The number of aromatic nitrogens is 1. The molecule has 3 nitrogen and oxygen atoms in total. The molecule has 0 aliphatic rings. The van der Waals surface area contributed by atoms with Crippen LogP contribution in [0.1, 0.15) is 25.5 Å². The Kier molecular flexibility index (Phi) is 3.81. The molecule has 90 valence electrons. The first-order chi connectivity index (χ1) is 8.33. The fourth-order valence-electron chi connectivity index (χ4n) is 1.68. The third-order valence-electron chi connectivity index (χ3n) is 2.72. The molecule has 0 saturated carbocycles. The highest BCUT2D eigenvalue weighted by Crippen LogP contribution is 2.23. The minimum absolute atomic E-state index is 0.818. The summed E-state index contributed by atoms with van der Waals surface area (Å²) in [6, 6.07) is 9.80. The zero-order valence-corrected chi connectivity index (χ0v) is 10.3. The molecule has 0 aliphatic heterocycles. The molecule has 0 aliphatic carbocycles. The zero-order valence-electron chi connectivity index (χ0n) is 10.3. The average molecular weight is 231 g/mol. The largest absolute Gasteiger partial charge is 0.497 e. The first-order valence-corrected chi connectivity index (χ1v) is 5.93. The van der Waals surface area contributed by atoms with E-state index in [1.807, 2.05) is 30.3 Å². The molecule has 0 bridgehead atoms. The summed E-state index contributed by atoms with van der Waals surface area (Å²) in [6.07, 6.45) is 3.30.